The number of methoxy groups -OCH3 is 1. The first-order valence-corrected chi connectivity index (χ1v) is 14.4. The first-order chi connectivity index (χ1) is 13.8. The van der Waals surface area contributed by atoms with Crippen LogP contribution in [0.25, 0.3) is 11.3 Å². The Labute approximate surface area is 181 Å². The predicted molar refractivity (Wildman–Crippen MR) is 122 cm³/mol. The number of imidazole rings is 1. The Hall–Kier alpha value is -1.46. The maximum atomic E-state index is 6.37. The van der Waals surface area contributed by atoms with E-state index in [-0.39, 0.29) is 6.23 Å². The van der Waals surface area contributed by atoms with Gasteiger partial charge in [-0.1, -0.05) is 19.6 Å². The van der Waals surface area contributed by atoms with Crippen molar-refractivity contribution < 1.29 is 9.47 Å². The number of hydrogen-bond donors (Lipinski definition) is 3. The molecule has 0 bridgehead atoms. The predicted octanol–water partition coefficient (Wildman–Crippen LogP) is 3.08. The van der Waals surface area contributed by atoms with Crippen molar-refractivity contribution in [3.8, 4) is 17.0 Å². The lowest BCUT2D eigenvalue weighted by Gasteiger charge is -2.34. The van der Waals surface area contributed by atoms with Gasteiger partial charge in [-0.05, 0) is 28.0 Å². The van der Waals surface area contributed by atoms with Crippen LogP contribution in [0.5, 0.6) is 5.75 Å². The molecule has 0 amide bonds. The van der Waals surface area contributed by atoms with E-state index in [1.165, 1.54) is 0 Å². The molecule has 0 spiro atoms. The standard InChI is InChI=1S/C19H31BrN6O2Si/c1-27-14-11-13(12-23-17(14)21)15-16(20)25-18(24-15)19(26-7-5-22-6-8-26)28-9-10-29(2,3)4/h11-12,19,22H,5-10H2,1-4H3,(H2,21,23)(H,24,25). The minimum absolute atomic E-state index is 0.206. The van der Waals surface area contributed by atoms with Crippen LogP contribution < -0.4 is 15.8 Å². The lowest BCUT2D eigenvalue weighted by atomic mass is 10.2. The third kappa shape index (κ3) is 5.79. The van der Waals surface area contributed by atoms with Crippen LogP contribution in [0.1, 0.15) is 12.1 Å². The fourth-order valence-corrected chi connectivity index (χ4v) is 4.43. The summed E-state index contributed by atoms with van der Waals surface area (Å²) in [5.74, 6) is 1.68. The molecule has 0 aliphatic carbocycles. The molecular weight excluding hydrogens is 452 g/mol. The van der Waals surface area contributed by atoms with E-state index in [4.69, 9.17) is 20.2 Å². The van der Waals surface area contributed by atoms with Crippen molar-refractivity contribution in [3.63, 3.8) is 0 Å². The SMILES string of the molecule is COc1cc(-c2nc(C(OCC[Si](C)(C)C)N3CCNCC3)[nH]c2Br)cnc1N. The fraction of sp³-hybridized carbons (Fsp3) is 0.579. The molecule has 3 heterocycles. The number of piperazine rings is 1. The minimum Gasteiger partial charge on any atom is -0.493 e. The highest BCUT2D eigenvalue weighted by Gasteiger charge is 2.28. The van der Waals surface area contributed by atoms with Crippen LogP contribution in [0.15, 0.2) is 16.9 Å². The van der Waals surface area contributed by atoms with Crippen LogP contribution >= 0.6 is 15.9 Å². The van der Waals surface area contributed by atoms with Gasteiger partial charge in [0.2, 0.25) is 0 Å². The Morgan fingerprint density at radius 3 is 2.69 bits per heavy atom. The fourth-order valence-electron chi connectivity index (χ4n) is 3.18. The van der Waals surface area contributed by atoms with E-state index >= 15 is 0 Å². The molecule has 2 aromatic heterocycles. The molecule has 1 aliphatic heterocycles. The number of halogens is 1. The third-order valence-corrected chi connectivity index (χ3v) is 7.18. The number of nitrogen functional groups attached to an aromatic ring is 1. The van der Waals surface area contributed by atoms with Crippen LogP contribution in [-0.2, 0) is 4.74 Å². The van der Waals surface area contributed by atoms with Gasteiger partial charge in [0.1, 0.15) is 10.3 Å². The summed E-state index contributed by atoms with van der Waals surface area (Å²) in [7, 11) is 0.400. The Balaban J connectivity index is 1.86. The van der Waals surface area contributed by atoms with Gasteiger partial charge in [0.15, 0.2) is 23.6 Å². The van der Waals surface area contributed by atoms with Crippen molar-refractivity contribution in [1.29, 1.82) is 0 Å². The first kappa shape index (κ1) is 22.2. The van der Waals surface area contributed by atoms with E-state index in [9.17, 15) is 0 Å². The lowest BCUT2D eigenvalue weighted by molar-refractivity contribution is -0.0673. The van der Waals surface area contributed by atoms with Crippen LogP contribution in [0.4, 0.5) is 5.82 Å². The number of H-pyrrole nitrogens is 1. The summed E-state index contributed by atoms with van der Waals surface area (Å²) in [6.45, 7) is 11.5. The molecule has 10 heteroatoms. The number of aromatic amines is 1. The van der Waals surface area contributed by atoms with Crippen LogP contribution in [0, 0.1) is 0 Å². The Morgan fingerprint density at radius 2 is 2.03 bits per heavy atom. The second kappa shape index (κ2) is 9.56. The van der Waals surface area contributed by atoms with E-state index in [0.717, 1.165) is 60.5 Å². The second-order valence-electron chi connectivity index (χ2n) is 8.42. The number of pyridine rings is 1. The molecular formula is C19H31BrN6O2Si. The highest BCUT2D eigenvalue weighted by molar-refractivity contribution is 9.10. The molecule has 0 radical (unpaired) electrons. The van der Waals surface area contributed by atoms with Gasteiger partial charge in [-0.3, -0.25) is 4.90 Å². The quantitative estimate of drug-likeness (QED) is 0.496. The molecule has 1 aliphatic rings. The van der Waals surface area contributed by atoms with Gasteiger partial charge in [-0.25, -0.2) is 9.97 Å². The van der Waals surface area contributed by atoms with Gasteiger partial charge in [-0.15, -0.1) is 0 Å². The zero-order valence-corrected chi connectivity index (χ0v) is 20.2. The van der Waals surface area contributed by atoms with E-state index in [1.807, 2.05) is 6.07 Å². The van der Waals surface area contributed by atoms with Gasteiger partial charge in [0.05, 0.1) is 7.11 Å². The lowest BCUT2D eigenvalue weighted by Crippen LogP contribution is -2.46. The molecule has 0 aromatic carbocycles. The Kier molecular flexibility index (Phi) is 7.33. The first-order valence-electron chi connectivity index (χ1n) is 9.90. The molecule has 3 rings (SSSR count). The van der Waals surface area contributed by atoms with Crippen molar-refractivity contribution >= 4 is 29.8 Å². The van der Waals surface area contributed by atoms with Crippen molar-refractivity contribution in [2.75, 3.05) is 45.6 Å². The van der Waals surface area contributed by atoms with Gasteiger partial charge < -0.3 is 25.5 Å². The summed E-state index contributed by atoms with van der Waals surface area (Å²) in [6.07, 6.45) is 1.50. The maximum Gasteiger partial charge on any atom is 0.169 e. The van der Waals surface area contributed by atoms with E-state index in [0.29, 0.717) is 11.6 Å². The summed E-state index contributed by atoms with van der Waals surface area (Å²) < 4.78 is 12.5. The smallest absolute Gasteiger partial charge is 0.169 e. The average molecular weight is 483 g/mol. The third-order valence-electron chi connectivity index (χ3n) is 4.90. The monoisotopic (exact) mass is 482 g/mol. The van der Waals surface area contributed by atoms with Crippen LogP contribution in [0.3, 0.4) is 0 Å². The minimum atomic E-state index is -1.18. The number of nitrogens with one attached hydrogen (secondary N) is 2. The van der Waals surface area contributed by atoms with Gasteiger partial charge in [0, 0.05) is 52.6 Å². The normalized spacial score (nSPS) is 16.7. The van der Waals surface area contributed by atoms with Crippen LogP contribution in [0.2, 0.25) is 25.7 Å². The second-order valence-corrected chi connectivity index (χ2v) is 14.8. The molecule has 8 nitrogen and oxygen atoms in total. The van der Waals surface area contributed by atoms with Crippen molar-refractivity contribution in [3.05, 3.63) is 22.7 Å². The maximum absolute atomic E-state index is 6.37. The molecule has 29 heavy (non-hydrogen) atoms. The van der Waals surface area contributed by atoms with E-state index in [2.05, 4.69) is 55.8 Å². The molecule has 160 valence electrons. The molecule has 0 saturated carbocycles. The summed E-state index contributed by atoms with van der Waals surface area (Å²) in [4.78, 5) is 14.8. The zero-order valence-electron chi connectivity index (χ0n) is 17.6. The summed E-state index contributed by atoms with van der Waals surface area (Å²) in [6, 6.07) is 2.96. The zero-order chi connectivity index (χ0) is 21.0. The summed E-state index contributed by atoms with van der Waals surface area (Å²) in [5, 5.41) is 3.40. The van der Waals surface area contributed by atoms with Crippen molar-refractivity contribution in [2.45, 2.75) is 31.9 Å². The van der Waals surface area contributed by atoms with E-state index in [1.54, 1.807) is 13.3 Å². The van der Waals surface area contributed by atoms with E-state index < -0.39 is 8.07 Å². The highest BCUT2D eigenvalue weighted by Crippen LogP contribution is 2.33. The van der Waals surface area contributed by atoms with Gasteiger partial charge in [-0.2, -0.15) is 0 Å². The number of anilines is 1. The summed E-state index contributed by atoms with van der Waals surface area (Å²) in [5.41, 5.74) is 7.44. The largest absolute Gasteiger partial charge is 0.493 e. The molecule has 1 saturated heterocycles. The van der Waals surface area contributed by atoms with Crippen molar-refractivity contribution in [1.82, 2.24) is 25.2 Å². The number of nitrogens with two attached hydrogens (primary N) is 1. The van der Waals surface area contributed by atoms with Gasteiger partial charge in [0.25, 0.3) is 0 Å². The molecule has 1 fully saturated rings. The summed E-state index contributed by atoms with van der Waals surface area (Å²) >= 11 is 3.61. The Morgan fingerprint density at radius 1 is 1.31 bits per heavy atom. The molecule has 1 atom stereocenters. The van der Waals surface area contributed by atoms with Crippen molar-refractivity contribution in [2.24, 2.45) is 0 Å². The van der Waals surface area contributed by atoms with Gasteiger partial charge >= 0.3 is 0 Å². The molecule has 4 N–H and O–H groups in total. The number of hydrogen-bond acceptors (Lipinski definition) is 7. The number of nitrogens with zero attached hydrogens (tertiary/aromatic N) is 3. The average Bonchev–Trinajstić information content (AvgIpc) is 3.07. The number of rotatable bonds is 8. The number of aromatic nitrogens is 3. The topological polar surface area (TPSA) is 101 Å². The van der Waals surface area contributed by atoms with Crippen LogP contribution in [-0.4, -0.2) is 67.8 Å². The molecule has 1 unspecified atom stereocenters. The Bertz CT molecular complexity index is 820. The highest BCUT2D eigenvalue weighted by atomic mass is 79.9. The number of ether oxygens (including phenoxy) is 2. The molecule has 2 aromatic rings.